The van der Waals surface area contributed by atoms with Gasteiger partial charge in [-0.1, -0.05) is 6.92 Å². The van der Waals surface area contributed by atoms with Crippen molar-refractivity contribution in [1.82, 2.24) is 20.1 Å². The van der Waals surface area contributed by atoms with Gasteiger partial charge in [-0.25, -0.2) is 18.4 Å². The predicted octanol–water partition coefficient (Wildman–Crippen LogP) is 0.523. The molecular weight excluding hydrogens is 178 g/mol. The fourth-order valence-electron chi connectivity index (χ4n) is 0.915. The third kappa shape index (κ3) is 3.45. The Bertz CT molecular complexity index is 235. The summed E-state index contributed by atoms with van der Waals surface area (Å²) in [6.07, 6.45) is 2.52. The summed E-state index contributed by atoms with van der Waals surface area (Å²) in [5, 5.41) is 6.20. The van der Waals surface area contributed by atoms with Crippen LogP contribution in [0.2, 0.25) is 0 Å². The number of rotatable bonds is 5. The van der Waals surface area contributed by atoms with Gasteiger partial charge in [0.1, 0.15) is 19.2 Å². The molecule has 0 aromatic carbocycles. The van der Waals surface area contributed by atoms with E-state index in [2.05, 4.69) is 15.4 Å². The second-order valence-corrected chi connectivity index (χ2v) is 2.73. The Morgan fingerprint density at radius 3 is 2.85 bits per heavy atom. The first-order valence-corrected chi connectivity index (χ1v) is 4.05. The van der Waals surface area contributed by atoms with Gasteiger partial charge < -0.3 is 5.32 Å². The Morgan fingerprint density at radius 2 is 2.31 bits per heavy atom. The summed E-state index contributed by atoms with van der Waals surface area (Å²) in [7, 11) is 0. The van der Waals surface area contributed by atoms with Gasteiger partial charge in [-0.2, -0.15) is 5.10 Å². The van der Waals surface area contributed by atoms with Gasteiger partial charge in [-0.15, -0.1) is 0 Å². The van der Waals surface area contributed by atoms with Crippen molar-refractivity contribution in [3.05, 3.63) is 12.7 Å². The quantitative estimate of drug-likeness (QED) is 0.736. The number of nitrogens with zero attached hydrogens (tertiary/aromatic N) is 3. The van der Waals surface area contributed by atoms with Crippen LogP contribution in [-0.4, -0.2) is 33.8 Å². The van der Waals surface area contributed by atoms with Crippen LogP contribution in [0.4, 0.5) is 8.78 Å². The zero-order valence-electron chi connectivity index (χ0n) is 7.37. The summed E-state index contributed by atoms with van der Waals surface area (Å²) in [6, 6.07) is 0. The number of nitrogens with one attached hydrogen (secondary N) is 1. The molecule has 0 spiro atoms. The standard InChI is InChI=1S/C7H12F2N4/c1-2-10-3-7(8,9)4-13-6-11-5-12-13/h5-6,10H,2-4H2,1H3. The van der Waals surface area contributed by atoms with E-state index in [1.54, 1.807) is 6.92 Å². The van der Waals surface area contributed by atoms with Crippen molar-refractivity contribution in [2.75, 3.05) is 13.1 Å². The van der Waals surface area contributed by atoms with Crippen LogP contribution in [0.3, 0.4) is 0 Å². The van der Waals surface area contributed by atoms with Gasteiger partial charge in [-0.05, 0) is 6.54 Å². The molecule has 1 N–H and O–H groups in total. The monoisotopic (exact) mass is 190 g/mol. The van der Waals surface area contributed by atoms with E-state index < -0.39 is 12.5 Å². The fourth-order valence-corrected chi connectivity index (χ4v) is 0.915. The third-order valence-electron chi connectivity index (χ3n) is 1.49. The van der Waals surface area contributed by atoms with Gasteiger partial charge in [0.2, 0.25) is 0 Å². The average molecular weight is 190 g/mol. The normalized spacial score (nSPS) is 11.9. The van der Waals surface area contributed by atoms with Crippen molar-refractivity contribution in [3.8, 4) is 0 Å². The summed E-state index contributed by atoms with van der Waals surface area (Å²) in [5.74, 6) is -2.77. The molecule has 4 nitrogen and oxygen atoms in total. The molecule has 0 saturated carbocycles. The van der Waals surface area contributed by atoms with Crippen LogP contribution >= 0.6 is 0 Å². The van der Waals surface area contributed by atoms with Gasteiger partial charge >= 0.3 is 0 Å². The SMILES string of the molecule is CCNCC(F)(F)Cn1cncn1. The second kappa shape index (κ2) is 4.27. The molecule has 1 rings (SSSR count). The summed E-state index contributed by atoms with van der Waals surface area (Å²) in [4.78, 5) is 3.58. The molecule has 0 saturated heterocycles. The van der Waals surface area contributed by atoms with Crippen LogP contribution in [0.15, 0.2) is 12.7 Å². The summed E-state index contributed by atoms with van der Waals surface area (Å²) >= 11 is 0. The molecule has 6 heteroatoms. The van der Waals surface area contributed by atoms with Crippen molar-refractivity contribution in [2.45, 2.75) is 19.4 Å². The van der Waals surface area contributed by atoms with E-state index in [0.29, 0.717) is 6.54 Å². The van der Waals surface area contributed by atoms with Crippen molar-refractivity contribution < 1.29 is 8.78 Å². The highest BCUT2D eigenvalue weighted by Crippen LogP contribution is 2.13. The molecule has 1 heterocycles. The summed E-state index contributed by atoms with van der Waals surface area (Å²) in [5.41, 5.74) is 0. The van der Waals surface area contributed by atoms with E-state index >= 15 is 0 Å². The van der Waals surface area contributed by atoms with Crippen LogP contribution in [0.25, 0.3) is 0 Å². The lowest BCUT2D eigenvalue weighted by Crippen LogP contribution is -2.36. The van der Waals surface area contributed by atoms with Crippen LogP contribution in [0.1, 0.15) is 6.92 Å². The zero-order valence-corrected chi connectivity index (χ0v) is 7.37. The highest BCUT2D eigenvalue weighted by atomic mass is 19.3. The minimum Gasteiger partial charge on any atom is -0.311 e. The Balaban J connectivity index is 2.42. The van der Waals surface area contributed by atoms with E-state index in [0.717, 1.165) is 4.68 Å². The number of hydrogen-bond donors (Lipinski definition) is 1. The molecule has 0 unspecified atom stereocenters. The molecule has 0 aliphatic rings. The summed E-state index contributed by atoms with van der Waals surface area (Å²) < 4.78 is 27.2. The topological polar surface area (TPSA) is 42.7 Å². The lowest BCUT2D eigenvalue weighted by molar-refractivity contribution is -0.0175. The van der Waals surface area contributed by atoms with Gasteiger partial charge in [0.15, 0.2) is 0 Å². The van der Waals surface area contributed by atoms with E-state index in [1.807, 2.05) is 0 Å². The predicted molar refractivity (Wildman–Crippen MR) is 43.5 cm³/mol. The minimum atomic E-state index is -2.77. The van der Waals surface area contributed by atoms with Gasteiger partial charge in [0.25, 0.3) is 5.92 Å². The Hall–Kier alpha value is -1.04. The van der Waals surface area contributed by atoms with Crippen LogP contribution in [0.5, 0.6) is 0 Å². The van der Waals surface area contributed by atoms with Gasteiger partial charge in [0.05, 0.1) is 6.54 Å². The van der Waals surface area contributed by atoms with E-state index in [4.69, 9.17) is 0 Å². The lowest BCUT2D eigenvalue weighted by Gasteiger charge is -2.15. The Kier molecular flexibility index (Phi) is 3.30. The number of alkyl halides is 2. The van der Waals surface area contributed by atoms with E-state index in [1.165, 1.54) is 12.7 Å². The maximum atomic E-state index is 13.0. The van der Waals surface area contributed by atoms with E-state index in [9.17, 15) is 8.78 Å². The number of hydrogen-bond acceptors (Lipinski definition) is 3. The highest BCUT2D eigenvalue weighted by Gasteiger charge is 2.28. The van der Waals surface area contributed by atoms with Crippen molar-refractivity contribution in [1.29, 1.82) is 0 Å². The number of halogens is 2. The Labute approximate surface area is 75.0 Å². The molecule has 0 bridgehead atoms. The van der Waals surface area contributed by atoms with Crippen LogP contribution in [-0.2, 0) is 6.54 Å². The first-order chi connectivity index (χ1) is 6.14. The molecule has 1 aromatic rings. The maximum absolute atomic E-state index is 13.0. The zero-order chi connectivity index (χ0) is 9.73. The second-order valence-electron chi connectivity index (χ2n) is 2.73. The third-order valence-corrected chi connectivity index (χ3v) is 1.49. The molecule has 0 amide bonds. The molecule has 0 aliphatic heterocycles. The molecule has 74 valence electrons. The van der Waals surface area contributed by atoms with Crippen LogP contribution in [0, 0.1) is 0 Å². The van der Waals surface area contributed by atoms with Crippen molar-refractivity contribution >= 4 is 0 Å². The van der Waals surface area contributed by atoms with Gasteiger partial charge in [-0.3, -0.25) is 0 Å². The van der Waals surface area contributed by atoms with Crippen molar-refractivity contribution in [2.24, 2.45) is 0 Å². The molecule has 0 fully saturated rings. The van der Waals surface area contributed by atoms with E-state index in [-0.39, 0.29) is 6.54 Å². The largest absolute Gasteiger partial charge is 0.311 e. The Morgan fingerprint density at radius 1 is 1.54 bits per heavy atom. The number of aromatic nitrogens is 3. The maximum Gasteiger partial charge on any atom is 0.279 e. The molecule has 0 aliphatic carbocycles. The molecular formula is C7H12F2N4. The smallest absolute Gasteiger partial charge is 0.279 e. The molecule has 13 heavy (non-hydrogen) atoms. The van der Waals surface area contributed by atoms with Gasteiger partial charge in [0, 0.05) is 0 Å². The average Bonchev–Trinajstić information content (AvgIpc) is 2.52. The van der Waals surface area contributed by atoms with Crippen molar-refractivity contribution in [3.63, 3.8) is 0 Å². The summed E-state index contributed by atoms with van der Waals surface area (Å²) in [6.45, 7) is 1.56. The minimum absolute atomic E-state index is 0.330. The first-order valence-electron chi connectivity index (χ1n) is 4.05. The molecule has 0 radical (unpaired) electrons. The molecule has 1 aromatic heterocycles. The van der Waals surface area contributed by atoms with Crippen LogP contribution < -0.4 is 5.32 Å². The fraction of sp³-hybridized carbons (Fsp3) is 0.714. The molecule has 0 atom stereocenters. The first kappa shape index (κ1) is 10.0. The highest BCUT2D eigenvalue weighted by molar-refractivity contribution is 4.70. The lowest BCUT2D eigenvalue weighted by atomic mass is 10.3.